The molecule has 2 atom stereocenters. The average Bonchev–Trinajstić information content (AvgIpc) is 2.31. The first kappa shape index (κ1) is 12.8. The van der Waals surface area contributed by atoms with Gasteiger partial charge in [0.25, 0.3) is 0 Å². The monoisotopic (exact) mass is 226 g/mol. The molecule has 1 rings (SSSR count). The fourth-order valence-corrected chi connectivity index (χ4v) is 1.59. The lowest BCUT2D eigenvalue weighted by atomic mass is 10.0. The van der Waals surface area contributed by atoms with Gasteiger partial charge in [-0.25, -0.2) is 0 Å². The molecule has 0 saturated heterocycles. The molecule has 0 spiro atoms. The second kappa shape index (κ2) is 5.72. The van der Waals surface area contributed by atoms with Crippen LogP contribution in [-0.2, 0) is 9.47 Å². The Balaban J connectivity index is 3.01. The van der Waals surface area contributed by atoms with Crippen molar-refractivity contribution in [2.75, 3.05) is 21.3 Å². The van der Waals surface area contributed by atoms with Gasteiger partial charge in [-0.15, -0.1) is 0 Å². The van der Waals surface area contributed by atoms with Gasteiger partial charge in [-0.1, -0.05) is 0 Å². The summed E-state index contributed by atoms with van der Waals surface area (Å²) in [7, 11) is 4.75. The van der Waals surface area contributed by atoms with Gasteiger partial charge >= 0.3 is 0 Å². The summed E-state index contributed by atoms with van der Waals surface area (Å²) in [5, 5.41) is 9.85. The van der Waals surface area contributed by atoms with Crippen molar-refractivity contribution in [1.82, 2.24) is 0 Å². The van der Waals surface area contributed by atoms with Crippen LogP contribution in [0.15, 0.2) is 18.2 Å². The minimum Gasteiger partial charge on any atom is -0.507 e. The number of benzene rings is 1. The summed E-state index contributed by atoms with van der Waals surface area (Å²) in [5.74, 6) is 0.760. The van der Waals surface area contributed by atoms with E-state index in [1.807, 2.05) is 6.92 Å². The van der Waals surface area contributed by atoms with Gasteiger partial charge in [0, 0.05) is 25.8 Å². The van der Waals surface area contributed by atoms with Crippen molar-refractivity contribution in [3.05, 3.63) is 23.8 Å². The highest BCUT2D eigenvalue weighted by Gasteiger charge is 2.21. The molecule has 0 bridgehead atoms. The predicted molar refractivity (Wildman–Crippen MR) is 60.9 cm³/mol. The fraction of sp³-hybridized carbons (Fsp3) is 0.500. The van der Waals surface area contributed by atoms with Crippen LogP contribution in [0.25, 0.3) is 0 Å². The third kappa shape index (κ3) is 2.65. The Hall–Kier alpha value is -1.26. The summed E-state index contributed by atoms with van der Waals surface area (Å²) in [6.07, 6.45) is -0.430. The van der Waals surface area contributed by atoms with E-state index in [1.165, 1.54) is 0 Å². The molecular weight excluding hydrogens is 208 g/mol. The van der Waals surface area contributed by atoms with Crippen molar-refractivity contribution in [1.29, 1.82) is 0 Å². The molecule has 90 valence electrons. The number of hydrogen-bond donors (Lipinski definition) is 1. The smallest absolute Gasteiger partial charge is 0.125 e. The number of phenolic OH excluding ortho intramolecular Hbond substituents is 1. The molecule has 0 aliphatic rings. The molecule has 16 heavy (non-hydrogen) atoms. The van der Waals surface area contributed by atoms with Crippen molar-refractivity contribution in [3.63, 3.8) is 0 Å². The topological polar surface area (TPSA) is 47.9 Å². The van der Waals surface area contributed by atoms with Gasteiger partial charge in [-0.05, 0) is 19.1 Å². The summed E-state index contributed by atoms with van der Waals surface area (Å²) >= 11 is 0. The molecular formula is C12H18O4. The molecule has 0 amide bonds. The van der Waals surface area contributed by atoms with Gasteiger partial charge in [-0.3, -0.25) is 0 Å². The number of methoxy groups -OCH3 is 3. The Morgan fingerprint density at radius 3 is 2.25 bits per heavy atom. The molecule has 0 aliphatic heterocycles. The number of hydrogen-bond acceptors (Lipinski definition) is 4. The Kier molecular flexibility index (Phi) is 4.58. The molecule has 0 aromatic heterocycles. The summed E-state index contributed by atoms with van der Waals surface area (Å²) in [6.45, 7) is 1.89. The molecule has 1 aromatic rings. The van der Waals surface area contributed by atoms with Crippen LogP contribution in [0, 0.1) is 0 Å². The molecule has 1 aromatic carbocycles. The van der Waals surface area contributed by atoms with Crippen LogP contribution in [-0.4, -0.2) is 32.5 Å². The number of ether oxygens (including phenoxy) is 3. The maximum absolute atomic E-state index is 9.85. The standard InChI is InChI=1S/C12H18O4/c1-8(14-2)12(16-4)10-6-5-9(15-3)7-11(10)13/h5-8,12-13H,1-4H3/t8-,12+/m0/s1. The lowest BCUT2D eigenvalue weighted by Crippen LogP contribution is -2.19. The van der Waals surface area contributed by atoms with E-state index in [1.54, 1.807) is 39.5 Å². The zero-order valence-corrected chi connectivity index (χ0v) is 10.1. The number of phenols is 1. The molecule has 0 radical (unpaired) electrons. The lowest BCUT2D eigenvalue weighted by molar-refractivity contribution is -0.0287. The van der Waals surface area contributed by atoms with Crippen molar-refractivity contribution in [3.8, 4) is 11.5 Å². The third-order valence-corrected chi connectivity index (χ3v) is 2.60. The first-order chi connectivity index (χ1) is 7.63. The van der Waals surface area contributed by atoms with E-state index < -0.39 is 0 Å². The van der Waals surface area contributed by atoms with E-state index in [4.69, 9.17) is 14.2 Å². The highest BCUT2D eigenvalue weighted by atomic mass is 16.5. The first-order valence-electron chi connectivity index (χ1n) is 5.06. The van der Waals surface area contributed by atoms with Crippen LogP contribution in [0.2, 0.25) is 0 Å². The minimum atomic E-state index is -0.295. The van der Waals surface area contributed by atoms with E-state index in [2.05, 4.69) is 0 Å². The van der Waals surface area contributed by atoms with E-state index in [0.29, 0.717) is 11.3 Å². The molecule has 0 saturated carbocycles. The molecule has 4 heteroatoms. The molecule has 1 N–H and O–H groups in total. The molecule has 0 unspecified atom stereocenters. The van der Waals surface area contributed by atoms with Crippen LogP contribution in [0.3, 0.4) is 0 Å². The van der Waals surface area contributed by atoms with E-state index >= 15 is 0 Å². The van der Waals surface area contributed by atoms with E-state index in [9.17, 15) is 5.11 Å². The van der Waals surface area contributed by atoms with Crippen LogP contribution in [0.5, 0.6) is 11.5 Å². The van der Waals surface area contributed by atoms with Crippen molar-refractivity contribution in [2.24, 2.45) is 0 Å². The van der Waals surface area contributed by atoms with Crippen LogP contribution < -0.4 is 4.74 Å². The molecule has 4 nitrogen and oxygen atoms in total. The molecule has 0 heterocycles. The third-order valence-electron chi connectivity index (χ3n) is 2.60. The van der Waals surface area contributed by atoms with Crippen molar-refractivity contribution >= 4 is 0 Å². The minimum absolute atomic E-state index is 0.135. The van der Waals surface area contributed by atoms with Gasteiger partial charge in [0.2, 0.25) is 0 Å². The van der Waals surface area contributed by atoms with Gasteiger partial charge in [0.1, 0.15) is 17.6 Å². The van der Waals surface area contributed by atoms with Crippen LogP contribution in [0.4, 0.5) is 0 Å². The zero-order valence-electron chi connectivity index (χ0n) is 10.1. The highest BCUT2D eigenvalue weighted by Crippen LogP contribution is 2.32. The summed E-state index contributed by atoms with van der Waals surface area (Å²) in [4.78, 5) is 0. The van der Waals surface area contributed by atoms with Crippen LogP contribution in [0.1, 0.15) is 18.6 Å². The van der Waals surface area contributed by atoms with Gasteiger partial charge in [0.15, 0.2) is 0 Å². The normalized spacial score (nSPS) is 14.5. The maximum atomic E-state index is 9.85. The Morgan fingerprint density at radius 2 is 1.81 bits per heavy atom. The summed E-state index contributed by atoms with van der Waals surface area (Å²) in [5.41, 5.74) is 0.692. The molecule has 0 aliphatic carbocycles. The Labute approximate surface area is 95.8 Å². The SMILES string of the molecule is COc1ccc([C@H](OC)[C@H](C)OC)c(O)c1. The summed E-state index contributed by atoms with van der Waals surface area (Å²) < 4.78 is 15.5. The van der Waals surface area contributed by atoms with E-state index in [0.717, 1.165) is 0 Å². The second-order valence-electron chi connectivity index (χ2n) is 3.52. The Bertz CT molecular complexity index is 338. The lowest BCUT2D eigenvalue weighted by Gasteiger charge is -2.22. The maximum Gasteiger partial charge on any atom is 0.125 e. The zero-order chi connectivity index (χ0) is 12.1. The average molecular weight is 226 g/mol. The number of aromatic hydroxyl groups is 1. The largest absolute Gasteiger partial charge is 0.507 e. The summed E-state index contributed by atoms with van der Waals surface area (Å²) in [6, 6.07) is 5.12. The second-order valence-corrected chi connectivity index (χ2v) is 3.52. The predicted octanol–water partition coefficient (Wildman–Crippen LogP) is 2.12. The molecule has 0 fully saturated rings. The van der Waals surface area contributed by atoms with Gasteiger partial charge < -0.3 is 19.3 Å². The van der Waals surface area contributed by atoms with Gasteiger partial charge in [-0.2, -0.15) is 0 Å². The first-order valence-corrected chi connectivity index (χ1v) is 5.06. The highest BCUT2D eigenvalue weighted by molar-refractivity contribution is 5.41. The van der Waals surface area contributed by atoms with Crippen LogP contribution >= 0.6 is 0 Å². The van der Waals surface area contributed by atoms with E-state index in [-0.39, 0.29) is 18.0 Å². The van der Waals surface area contributed by atoms with Crippen molar-refractivity contribution < 1.29 is 19.3 Å². The number of rotatable bonds is 5. The van der Waals surface area contributed by atoms with Crippen molar-refractivity contribution in [2.45, 2.75) is 19.1 Å². The fourth-order valence-electron chi connectivity index (χ4n) is 1.59. The van der Waals surface area contributed by atoms with Gasteiger partial charge in [0.05, 0.1) is 13.2 Å². The quantitative estimate of drug-likeness (QED) is 0.835. The Morgan fingerprint density at radius 1 is 1.12 bits per heavy atom.